The van der Waals surface area contributed by atoms with Crippen molar-refractivity contribution in [2.45, 2.75) is 51.2 Å². The van der Waals surface area contributed by atoms with Gasteiger partial charge in [0.25, 0.3) is 0 Å². The average Bonchev–Trinajstić information content (AvgIpc) is 3.30. The van der Waals surface area contributed by atoms with E-state index in [-0.39, 0.29) is 18.5 Å². The van der Waals surface area contributed by atoms with Gasteiger partial charge in [-0.3, -0.25) is 13.9 Å². The molecule has 1 saturated carbocycles. The lowest BCUT2D eigenvalue weighted by molar-refractivity contribution is -0.139. The first-order chi connectivity index (χ1) is 16.5. The normalized spacial score (nSPS) is 15.0. The number of amides is 2. The molecule has 1 aliphatic rings. The highest BCUT2D eigenvalue weighted by Gasteiger charge is 2.31. The van der Waals surface area contributed by atoms with Crippen LogP contribution in [0.4, 0.5) is 5.69 Å². The van der Waals surface area contributed by atoms with E-state index in [1.165, 1.54) is 4.90 Å². The van der Waals surface area contributed by atoms with E-state index in [0.717, 1.165) is 36.2 Å². The molecule has 3 rings (SSSR count). The Balaban J connectivity index is 1.90. The van der Waals surface area contributed by atoms with E-state index >= 15 is 0 Å². The maximum absolute atomic E-state index is 13.6. The lowest BCUT2D eigenvalue weighted by Crippen LogP contribution is -2.52. The molecule has 0 heterocycles. The van der Waals surface area contributed by atoms with Crippen molar-refractivity contribution in [3.63, 3.8) is 0 Å². The average molecular weight is 605 g/mol. The molecule has 2 aromatic rings. The second kappa shape index (κ2) is 12.0. The molecule has 11 heteroatoms. The van der Waals surface area contributed by atoms with E-state index in [4.69, 9.17) is 23.2 Å². The summed E-state index contributed by atoms with van der Waals surface area (Å²) >= 11 is 15.6. The number of nitrogens with one attached hydrogen (secondary N) is 1. The fourth-order valence-corrected chi connectivity index (χ4v) is 5.86. The number of anilines is 1. The summed E-state index contributed by atoms with van der Waals surface area (Å²) in [5, 5.41) is 3.72. The Kier molecular flexibility index (Phi) is 9.48. The highest BCUT2D eigenvalue weighted by atomic mass is 79.9. The Bertz CT molecular complexity index is 1190. The second-order valence-electron chi connectivity index (χ2n) is 8.66. The number of benzene rings is 2. The smallest absolute Gasteiger partial charge is 0.244 e. The Hall–Kier alpha value is -1.81. The predicted molar refractivity (Wildman–Crippen MR) is 143 cm³/mol. The third-order valence-electron chi connectivity index (χ3n) is 6.01. The first kappa shape index (κ1) is 27.8. The van der Waals surface area contributed by atoms with Gasteiger partial charge in [-0.15, -0.1) is 0 Å². The summed E-state index contributed by atoms with van der Waals surface area (Å²) in [5.41, 5.74) is 1.00. The third-order valence-corrected chi connectivity index (χ3v) is 8.54. The summed E-state index contributed by atoms with van der Waals surface area (Å²) in [7, 11) is -3.80. The lowest BCUT2D eigenvalue weighted by Gasteiger charge is -2.32. The van der Waals surface area contributed by atoms with E-state index in [1.807, 2.05) is 0 Å². The van der Waals surface area contributed by atoms with E-state index in [1.54, 1.807) is 49.4 Å². The minimum Gasteiger partial charge on any atom is -0.352 e. The van der Waals surface area contributed by atoms with Crippen LogP contribution < -0.4 is 9.62 Å². The summed E-state index contributed by atoms with van der Waals surface area (Å²) in [4.78, 5) is 28.0. The molecule has 0 spiro atoms. The minimum absolute atomic E-state index is 0.0581. The molecule has 2 aromatic carbocycles. The number of carbonyl (C=O) groups excluding carboxylic acids is 2. The molecule has 0 bridgehead atoms. The van der Waals surface area contributed by atoms with E-state index in [9.17, 15) is 18.0 Å². The van der Waals surface area contributed by atoms with Crippen molar-refractivity contribution in [3.05, 3.63) is 62.5 Å². The summed E-state index contributed by atoms with van der Waals surface area (Å²) < 4.78 is 26.8. The van der Waals surface area contributed by atoms with Crippen LogP contribution in [0.2, 0.25) is 10.0 Å². The van der Waals surface area contributed by atoms with E-state index in [0.29, 0.717) is 25.8 Å². The SMILES string of the molecule is CC(C(=O)NC1CCCC1)N(Cc1ccc(Cl)c(Cl)c1)C(=O)CN(c1ccccc1Br)S(C)(=O)=O. The van der Waals surface area contributed by atoms with Crippen LogP contribution >= 0.6 is 39.1 Å². The van der Waals surface area contributed by atoms with Crippen molar-refractivity contribution in [2.75, 3.05) is 17.1 Å². The molecule has 1 N–H and O–H groups in total. The fourth-order valence-electron chi connectivity index (χ4n) is 4.06. The number of nitrogens with zero attached hydrogens (tertiary/aromatic N) is 2. The number of halogens is 3. The van der Waals surface area contributed by atoms with Crippen LogP contribution in [0.25, 0.3) is 0 Å². The molecule has 0 saturated heterocycles. The molecule has 1 unspecified atom stereocenters. The first-order valence-electron chi connectivity index (χ1n) is 11.2. The van der Waals surface area contributed by atoms with Crippen molar-refractivity contribution < 1.29 is 18.0 Å². The van der Waals surface area contributed by atoms with Crippen molar-refractivity contribution in [3.8, 4) is 0 Å². The molecule has 0 aliphatic heterocycles. The number of sulfonamides is 1. The molecule has 0 aromatic heterocycles. The zero-order valence-electron chi connectivity index (χ0n) is 19.5. The largest absolute Gasteiger partial charge is 0.352 e. The number of rotatable bonds is 9. The Labute approximate surface area is 224 Å². The van der Waals surface area contributed by atoms with Crippen LogP contribution in [0.1, 0.15) is 38.2 Å². The van der Waals surface area contributed by atoms with Crippen LogP contribution in [0.5, 0.6) is 0 Å². The van der Waals surface area contributed by atoms with Crippen molar-refractivity contribution in [2.24, 2.45) is 0 Å². The minimum atomic E-state index is -3.80. The van der Waals surface area contributed by atoms with Gasteiger partial charge in [0.2, 0.25) is 21.8 Å². The highest BCUT2D eigenvalue weighted by molar-refractivity contribution is 9.10. The molecule has 35 heavy (non-hydrogen) atoms. The van der Waals surface area contributed by atoms with Crippen LogP contribution in [0.3, 0.4) is 0 Å². The zero-order chi connectivity index (χ0) is 25.8. The van der Waals surface area contributed by atoms with Gasteiger partial charge < -0.3 is 10.2 Å². The standard InChI is InChI=1S/C24H28BrCl2N3O4S/c1-16(24(32)28-18-7-3-4-8-18)29(14-17-11-12-20(26)21(27)13-17)23(31)15-30(35(2,33)34)22-10-6-5-9-19(22)25/h5-6,9-13,16,18H,3-4,7-8,14-15H2,1-2H3,(H,28,32). The quantitative estimate of drug-likeness (QED) is 0.436. The first-order valence-corrected chi connectivity index (χ1v) is 14.6. The van der Waals surface area contributed by atoms with Gasteiger partial charge in [-0.25, -0.2) is 8.42 Å². The van der Waals surface area contributed by atoms with E-state index in [2.05, 4.69) is 21.2 Å². The topological polar surface area (TPSA) is 86.8 Å². The molecule has 1 fully saturated rings. The third kappa shape index (κ3) is 7.35. The van der Waals surface area contributed by atoms with Crippen LogP contribution in [0, 0.1) is 0 Å². The number of carbonyl (C=O) groups is 2. The number of para-hydroxylation sites is 1. The monoisotopic (exact) mass is 603 g/mol. The molecule has 0 radical (unpaired) electrons. The zero-order valence-corrected chi connectivity index (χ0v) is 23.4. The van der Waals surface area contributed by atoms with Gasteiger partial charge >= 0.3 is 0 Å². The highest BCUT2D eigenvalue weighted by Crippen LogP contribution is 2.28. The number of hydrogen-bond acceptors (Lipinski definition) is 4. The summed E-state index contributed by atoms with van der Waals surface area (Å²) in [6.07, 6.45) is 4.96. The maximum atomic E-state index is 13.6. The van der Waals surface area contributed by atoms with Crippen LogP contribution in [-0.4, -0.2) is 50.0 Å². The van der Waals surface area contributed by atoms with Gasteiger partial charge in [0, 0.05) is 17.1 Å². The summed E-state index contributed by atoms with van der Waals surface area (Å²) in [6, 6.07) is 11.0. The molecule has 190 valence electrons. The summed E-state index contributed by atoms with van der Waals surface area (Å²) in [5.74, 6) is -0.802. The molecular weight excluding hydrogens is 577 g/mol. The Morgan fingerprint density at radius 1 is 1.11 bits per heavy atom. The Morgan fingerprint density at radius 2 is 1.77 bits per heavy atom. The van der Waals surface area contributed by atoms with Gasteiger partial charge in [0.05, 0.1) is 22.0 Å². The van der Waals surface area contributed by atoms with Gasteiger partial charge in [-0.05, 0) is 65.5 Å². The summed E-state index contributed by atoms with van der Waals surface area (Å²) in [6.45, 7) is 1.23. The van der Waals surface area contributed by atoms with Gasteiger partial charge in [0.15, 0.2) is 0 Å². The van der Waals surface area contributed by atoms with Crippen molar-refractivity contribution >= 4 is 66.7 Å². The van der Waals surface area contributed by atoms with Crippen molar-refractivity contribution in [1.29, 1.82) is 0 Å². The Morgan fingerprint density at radius 3 is 2.37 bits per heavy atom. The lowest BCUT2D eigenvalue weighted by atomic mass is 10.1. The van der Waals surface area contributed by atoms with Gasteiger partial charge in [-0.1, -0.05) is 54.2 Å². The molecule has 1 atom stereocenters. The molecule has 1 aliphatic carbocycles. The predicted octanol–water partition coefficient (Wildman–Crippen LogP) is 5.00. The van der Waals surface area contributed by atoms with Crippen LogP contribution in [-0.2, 0) is 26.2 Å². The molecule has 7 nitrogen and oxygen atoms in total. The number of hydrogen-bond donors (Lipinski definition) is 1. The van der Waals surface area contributed by atoms with Gasteiger partial charge in [-0.2, -0.15) is 0 Å². The fraction of sp³-hybridized carbons (Fsp3) is 0.417. The van der Waals surface area contributed by atoms with Gasteiger partial charge in [0.1, 0.15) is 12.6 Å². The molecular formula is C24H28BrCl2N3O4S. The van der Waals surface area contributed by atoms with Crippen molar-refractivity contribution in [1.82, 2.24) is 10.2 Å². The van der Waals surface area contributed by atoms with E-state index < -0.39 is 28.5 Å². The maximum Gasteiger partial charge on any atom is 0.244 e. The second-order valence-corrected chi connectivity index (χ2v) is 12.2. The van der Waals surface area contributed by atoms with Crippen LogP contribution in [0.15, 0.2) is 46.9 Å². The molecule has 2 amide bonds.